The highest BCUT2D eigenvalue weighted by Gasteiger charge is 2.25. The smallest absolute Gasteiger partial charge is 0.346 e. The van der Waals surface area contributed by atoms with Crippen molar-refractivity contribution in [3.8, 4) is 6.07 Å². The van der Waals surface area contributed by atoms with E-state index in [1.807, 2.05) is 31.5 Å². The van der Waals surface area contributed by atoms with E-state index in [2.05, 4.69) is 6.07 Å². The number of imidazole rings is 1. The Morgan fingerprint density at radius 2 is 2.35 bits per heavy atom. The van der Waals surface area contributed by atoms with Crippen molar-refractivity contribution in [3.63, 3.8) is 0 Å². The summed E-state index contributed by atoms with van der Waals surface area (Å²) in [5.74, 6) is 0.0410. The molecule has 1 N–H and O–H groups in total. The zero-order valence-electron chi connectivity index (χ0n) is 10.5. The molecule has 1 heterocycles. The number of hydrogen-bond acceptors (Lipinski definition) is 2. The lowest BCUT2D eigenvalue weighted by Gasteiger charge is -2.04. The maximum atomic E-state index is 10.8. The number of aliphatic carboxylic acids is 1. The van der Waals surface area contributed by atoms with Crippen molar-refractivity contribution < 1.29 is 14.5 Å². The Morgan fingerprint density at radius 1 is 1.71 bits per heavy atom. The third kappa shape index (κ3) is 2.84. The maximum absolute atomic E-state index is 10.8. The number of rotatable bonds is 5. The highest BCUT2D eigenvalue weighted by atomic mass is 16.4. The lowest BCUT2D eigenvalue weighted by Crippen LogP contribution is -2.40. The standard InChI is InChI=1S/C12H17N3O2/c1-4-5-11-14(9(2)6-13)7-10(3)15(11)8-12(16)17/h7,9H,4-5,8H2,1-3H3/p+1. The molecule has 1 aromatic rings. The predicted octanol–water partition coefficient (Wildman–Crippen LogP) is 1.21. The normalized spacial score (nSPS) is 12.1. The summed E-state index contributed by atoms with van der Waals surface area (Å²) in [6.45, 7) is 5.66. The topological polar surface area (TPSA) is 69.9 Å². The van der Waals surface area contributed by atoms with Crippen molar-refractivity contribution in [2.75, 3.05) is 0 Å². The summed E-state index contributed by atoms with van der Waals surface area (Å²) >= 11 is 0. The first-order valence-corrected chi connectivity index (χ1v) is 5.72. The minimum Gasteiger partial charge on any atom is -0.478 e. The molecule has 0 saturated carbocycles. The molecule has 0 bridgehead atoms. The van der Waals surface area contributed by atoms with E-state index < -0.39 is 5.97 Å². The van der Waals surface area contributed by atoms with Crippen LogP contribution in [0.2, 0.25) is 0 Å². The Balaban J connectivity index is 3.24. The number of hydrogen-bond donors (Lipinski definition) is 1. The molecule has 0 aliphatic heterocycles. The molecule has 17 heavy (non-hydrogen) atoms. The van der Waals surface area contributed by atoms with Gasteiger partial charge in [-0.1, -0.05) is 6.92 Å². The molecule has 0 amide bonds. The van der Waals surface area contributed by atoms with Crippen LogP contribution < -0.4 is 4.57 Å². The minimum atomic E-state index is -0.863. The molecule has 0 radical (unpaired) electrons. The zero-order chi connectivity index (χ0) is 13.0. The summed E-state index contributed by atoms with van der Waals surface area (Å²) in [5.41, 5.74) is 0.873. The SMILES string of the molecule is CCCc1n(CC(=O)O)c(C)c[n+]1C(C)C#N. The second kappa shape index (κ2) is 5.48. The minimum absolute atomic E-state index is 0.0493. The van der Waals surface area contributed by atoms with E-state index >= 15 is 0 Å². The number of aromatic nitrogens is 2. The molecule has 0 spiro atoms. The summed E-state index contributed by atoms with van der Waals surface area (Å²) in [5, 5.41) is 17.9. The van der Waals surface area contributed by atoms with Crippen molar-refractivity contribution >= 4 is 5.97 Å². The number of nitriles is 1. The van der Waals surface area contributed by atoms with Gasteiger partial charge in [0.25, 0.3) is 5.82 Å². The van der Waals surface area contributed by atoms with Crippen molar-refractivity contribution in [1.29, 1.82) is 5.26 Å². The fourth-order valence-corrected chi connectivity index (χ4v) is 1.92. The predicted molar refractivity (Wildman–Crippen MR) is 61.3 cm³/mol. The van der Waals surface area contributed by atoms with Gasteiger partial charge < -0.3 is 5.11 Å². The quantitative estimate of drug-likeness (QED) is 0.781. The van der Waals surface area contributed by atoms with E-state index in [1.165, 1.54) is 0 Å². The number of carboxylic acids is 1. The van der Waals surface area contributed by atoms with Crippen LogP contribution in [-0.4, -0.2) is 15.6 Å². The molecule has 5 nitrogen and oxygen atoms in total. The molecule has 1 atom stereocenters. The number of carboxylic acid groups (broad SMARTS) is 1. The van der Waals surface area contributed by atoms with Crippen LogP contribution >= 0.6 is 0 Å². The number of nitrogens with zero attached hydrogens (tertiary/aromatic N) is 3. The Kier molecular flexibility index (Phi) is 4.27. The van der Waals surface area contributed by atoms with Gasteiger partial charge in [-0.2, -0.15) is 5.26 Å². The average Bonchev–Trinajstić information content (AvgIpc) is 2.56. The van der Waals surface area contributed by atoms with Gasteiger partial charge in [-0.3, -0.25) is 0 Å². The van der Waals surface area contributed by atoms with Crippen LogP contribution in [0.5, 0.6) is 0 Å². The first-order chi connectivity index (χ1) is 8.01. The summed E-state index contributed by atoms with van der Waals surface area (Å²) in [7, 11) is 0. The van der Waals surface area contributed by atoms with Crippen molar-refractivity contribution in [3.05, 3.63) is 17.7 Å². The molecule has 0 aliphatic carbocycles. The molecule has 1 unspecified atom stereocenters. The van der Waals surface area contributed by atoms with Crippen LogP contribution in [0.15, 0.2) is 6.20 Å². The van der Waals surface area contributed by atoms with E-state index in [1.54, 1.807) is 4.57 Å². The molecular weight excluding hydrogens is 218 g/mol. The molecule has 0 fully saturated rings. The van der Waals surface area contributed by atoms with E-state index in [0.717, 1.165) is 24.4 Å². The summed E-state index contributed by atoms with van der Waals surface area (Å²) in [6, 6.07) is 1.90. The molecule has 0 aromatic carbocycles. The van der Waals surface area contributed by atoms with Gasteiger partial charge >= 0.3 is 5.97 Å². The Morgan fingerprint density at radius 3 is 2.82 bits per heavy atom. The van der Waals surface area contributed by atoms with Gasteiger partial charge in [-0.05, 0) is 13.3 Å². The van der Waals surface area contributed by atoms with E-state index in [0.29, 0.717) is 0 Å². The van der Waals surface area contributed by atoms with Crippen molar-refractivity contribution in [2.24, 2.45) is 0 Å². The average molecular weight is 236 g/mol. The van der Waals surface area contributed by atoms with Crippen LogP contribution in [0.1, 0.15) is 37.8 Å². The van der Waals surface area contributed by atoms with Gasteiger partial charge in [-0.15, -0.1) is 0 Å². The summed E-state index contributed by atoms with van der Waals surface area (Å²) in [6.07, 6.45) is 3.54. The molecule has 0 saturated heterocycles. The highest BCUT2D eigenvalue weighted by Crippen LogP contribution is 2.08. The van der Waals surface area contributed by atoms with Crippen LogP contribution in [0.4, 0.5) is 0 Å². The monoisotopic (exact) mass is 236 g/mol. The molecule has 5 heteroatoms. The number of aryl methyl sites for hydroxylation is 1. The first kappa shape index (κ1) is 13.2. The Labute approximate surface area is 101 Å². The lowest BCUT2D eigenvalue weighted by atomic mass is 10.3. The van der Waals surface area contributed by atoms with E-state index in [4.69, 9.17) is 10.4 Å². The van der Waals surface area contributed by atoms with E-state index in [9.17, 15) is 4.79 Å². The molecular formula is C12H18N3O2+. The summed E-state index contributed by atoms with van der Waals surface area (Å²) < 4.78 is 3.63. The van der Waals surface area contributed by atoms with Crippen LogP contribution in [0.25, 0.3) is 0 Å². The van der Waals surface area contributed by atoms with Gasteiger partial charge in [0.1, 0.15) is 18.0 Å². The lowest BCUT2D eigenvalue weighted by molar-refractivity contribution is -0.713. The summed E-state index contributed by atoms with van der Waals surface area (Å²) in [4.78, 5) is 10.8. The Hall–Kier alpha value is -1.83. The third-order valence-corrected chi connectivity index (χ3v) is 2.73. The molecule has 0 aliphatic rings. The second-order valence-electron chi connectivity index (χ2n) is 4.13. The van der Waals surface area contributed by atoms with E-state index in [-0.39, 0.29) is 12.6 Å². The van der Waals surface area contributed by atoms with Gasteiger partial charge in [0.2, 0.25) is 0 Å². The maximum Gasteiger partial charge on any atom is 0.346 e. The van der Waals surface area contributed by atoms with Crippen LogP contribution in [-0.2, 0) is 17.8 Å². The first-order valence-electron chi connectivity index (χ1n) is 5.72. The Bertz CT molecular complexity index is 457. The fourth-order valence-electron chi connectivity index (χ4n) is 1.92. The number of carbonyl (C=O) groups is 1. The zero-order valence-corrected chi connectivity index (χ0v) is 10.5. The molecule has 92 valence electrons. The van der Waals surface area contributed by atoms with Gasteiger partial charge in [-0.25, -0.2) is 13.9 Å². The molecule has 1 rings (SSSR count). The van der Waals surface area contributed by atoms with Gasteiger partial charge in [0.05, 0.1) is 0 Å². The van der Waals surface area contributed by atoms with Crippen LogP contribution in [0, 0.1) is 18.3 Å². The van der Waals surface area contributed by atoms with Crippen LogP contribution in [0.3, 0.4) is 0 Å². The third-order valence-electron chi connectivity index (χ3n) is 2.73. The van der Waals surface area contributed by atoms with Gasteiger partial charge in [0, 0.05) is 13.3 Å². The molecule has 1 aromatic heterocycles. The highest BCUT2D eigenvalue weighted by molar-refractivity contribution is 5.66. The van der Waals surface area contributed by atoms with Gasteiger partial charge in [0.15, 0.2) is 12.6 Å². The van der Waals surface area contributed by atoms with Crippen molar-refractivity contribution in [2.45, 2.75) is 46.2 Å². The second-order valence-corrected chi connectivity index (χ2v) is 4.13. The largest absolute Gasteiger partial charge is 0.478 e. The van der Waals surface area contributed by atoms with Crippen molar-refractivity contribution in [1.82, 2.24) is 4.57 Å². The fraction of sp³-hybridized carbons (Fsp3) is 0.583.